The van der Waals surface area contributed by atoms with Crippen LogP contribution in [0.4, 0.5) is 9.52 Å². The predicted molar refractivity (Wildman–Crippen MR) is 98.7 cm³/mol. The minimum absolute atomic E-state index is 0. The minimum atomic E-state index is -0.424. The van der Waals surface area contributed by atoms with E-state index in [1.165, 1.54) is 12.4 Å². The lowest BCUT2D eigenvalue weighted by Gasteiger charge is -2.22. The summed E-state index contributed by atoms with van der Waals surface area (Å²) in [5, 5.41) is 3.79. The van der Waals surface area contributed by atoms with Crippen molar-refractivity contribution < 1.29 is 15.3 Å². The molecule has 0 amide bonds. The van der Waals surface area contributed by atoms with Gasteiger partial charge in [0.1, 0.15) is 11.6 Å². The first-order valence-corrected chi connectivity index (χ1v) is 9.34. The average Bonchev–Trinajstić information content (AvgIpc) is 2.94. The van der Waals surface area contributed by atoms with Gasteiger partial charge in [0.15, 0.2) is 10.9 Å². The van der Waals surface area contributed by atoms with Gasteiger partial charge in [-0.3, -0.25) is 9.69 Å². The third-order valence-corrected chi connectivity index (χ3v) is 4.93. The first-order chi connectivity index (χ1) is 12.6. The van der Waals surface area contributed by atoms with Crippen molar-refractivity contribution in [1.29, 1.82) is 0 Å². The molecule has 1 aliphatic rings. The van der Waals surface area contributed by atoms with E-state index in [-0.39, 0.29) is 13.1 Å². The van der Waals surface area contributed by atoms with Crippen LogP contribution < -0.4 is 5.32 Å². The number of halogens is 1. The molecule has 0 aromatic carbocycles. The number of nitrogens with one attached hydrogen (secondary N) is 1. The van der Waals surface area contributed by atoms with Crippen LogP contribution in [-0.4, -0.2) is 58.5 Å². The van der Waals surface area contributed by atoms with Gasteiger partial charge in [-0.1, -0.05) is 0 Å². The van der Waals surface area contributed by atoms with Gasteiger partial charge in [0.2, 0.25) is 0 Å². The van der Waals surface area contributed by atoms with Crippen LogP contribution in [0.3, 0.4) is 0 Å². The highest BCUT2D eigenvalue weighted by Gasteiger charge is 2.21. The number of hydrogen-bond donors (Lipinski definition) is 1. The maximum absolute atomic E-state index is 12.9. The molecular weight excluding hydrogens is 357 g/mol. The zero-order valence-electron chi connectivity index (χ0n) is 14.7. The molecule has 7 nitrogen and oxygen atoms in total. The van der Waals surface area contributed by atoms with E-state index in [1.54, 1.807) is 18.3 Å². The third kappa shape index (κ3) is 5.79. The van der Waals surface area contributed by atoms with E-state index in [1.807, 2.05) is 6.20 Å². The van der Waals surface area contributed by atoms with Crippen molar-refractivity contribution >= 4 is 22.3 Å². The van der Waals surface area contributed by atoms with Crippen molar-refractivity contribution in [1.82, 2.24) is 19.9 Å². The molecule has 1 atom stereocenters. The number of rotatable bonds is 7. The Bertz CT molecular complexity index is 730. The zero-order valence-corrected chi connectivity index (χ0v) is 15.5. The maximum atomic E-state index is 12.9. The smallest absolute Gasteiger partial charge is 0.183 e. The first kappa shape index (κ1) is 18.8. The summed E-state index contributed by atoms with van der Waals surface area (Å²) in [6.07, 6.45) is 4.90. The average molecular weight is 381 g/mol. The number of anilines is 1. The molecule has 0 spiro atoms. The van der Waals surface area contributed by atoms with E-state index in [9.17, 15) is 9.18 Å². The van der Waals surface area contributed by atoms with Crippen molar-refractivity contribution in [3.05, 3.63) is 35.1 Å². The Kier molecular flexibility index (Phi) is 6.59. The van der Waals surface area contributed by atoms with Crippen LogP contribution >= 0.6 is 11.3 Å². The number of carbonyl (C=O) groups excluding carboxylic acids is 1. The fourth-order valence-corrected chi connectivity index (χ4v) is 3.66. The van der Waals surface area contributed by atoms with Gasteiger partial charge in [-0.25, -0.2) is 19.3 Å². The number of nitrogens with zero attached hydrogens (tertiary/aromatic N) is 4. The number of hydrogen-bond acceptors (Lipinski definition) is 8. The minimum Gasteiger partial charge on any atom is -0.380 e. The second-order valence-corrected chi connectivity index (χ2v) is 7.50. The van der Waals surface area contributed by atoms with E-state index in [0.717, 1.165) is 29.6 Å². The highest BCUT2D eigenvalue weighted by molar-refractivity contribution is 7.15. The van der Waals surface area contributed by atoms with Crippen molar-refractivity contribution in [2.75, 3.05) is 38.2 Å². The molecule has 3 rings (SSSR count). The van der Waals surface area contributed by atoms with Crippen LogP contribution in [0, 0.1) is 11.7 Å². The number of carbonyl (C=O) groups is 1. The second-order valence-electron chi connectivity index (χ2n) is 6.38. The van der Waals surface area contributed by atoms with Crippen LogP contribution in [-0.2, 0) is 22.5 Å². The summed E-state index contributed by atoms with van der Waals surface area (Å²) < 4.78 is 18.7. The molecule has 26 heavy (non-hydrogen) atoms. The molecule has 1 aliphatic heterocycles. The second kappa shape index (κ2) is 9.11. The van der Waals surface area contributed by atoms with Gasteiger partial charge in [-0.2, -0.15) is 0 Å². The molecule has 1 N–H and O–H groups in total. The van der Waals surface area contributed by atoms with Crippen molar-refractivity contribution in [3.63, 3.8) is 0 Å². The molecule has 1 fully saturated rings. The van der Waals surface area contributed by atoms with Crippen molar-refractivity contribution in [2.24, 2.45) is 5.92 Å². The van der Waals surface area contributed by atoms with Crippen LogP contribution in [0.1, 0.15) is 19.1 Å². The highest BCUT2D eigenvalue weighted by Crippen LogP contribution is 2.21. The fourth-order valence-electron chi connectivity index (χ4n) is 2.81. The number of aromatic nitrogens is 3. The molecule has 9 heteroatoms. The number of Topliss-reactive ketones (excluding diaryl/α,β-unsaturated/α-hetero) is 1. The first-order valence-electron chi connectivity index (χ1n) is 8.53. The van der Waals surface area contributed by atoms with Gasteiger partial charge in [0.05, 0.1) is 32.2 Å². The molecule has 2 aromatic rings. The van der Waals surface area contributed by atoms with E-state index in [0.29, 0.717) is 32.0 Å². The quantitative estimate of drug-likeness (QED) is 0.786. The van der Waals surface area contributed by atoms with Crippen LogP contribution in [0.25, 0.3) is 0 Å². The van der Waals surface area contributed by atoms with Gasteiger partial charge in [-0.05, 0) is 6.92 Å². The summed E-state index contributed by atoms with van der Waals surface area (Å²) in [5.74, 6) is 0.547. The van der Waals surface area contributed by atoms with Gasteiger partial charge < -0.3 is 10.1 Å². The maximum Gasteiger partial charge on any atom is 0.183 e. The lowest BCUT2D eigenvalue weighted by atomic mass is 10.1. The molecule has 3 heterocycles. The Morgan fingerprint density at radius 1 is 1.42 bits per heavy atom. The molecule has 2 aromatic heterocycles. The zero-order chi connectivity index (χ0) is 18.4. The monoisotopic (exact) mass is 381 g/mol. The Morgan fingerprint density at radius 3 is 3.00 bits per heavy atom. The van der Waals surface area contributed by atoms with Crippen LogP contribution in [0.15, 0.2) is 18.6 Å². The van der Waals surface area contributed by atoms with E-state index in [2.05, 4.69) is 25.2 Å². The lowest BCUT2D eigenvalue weighted by Crippen LogP contribution is -2.30. The largest absolute Gasteiger partial charge is 0.380 e. The molecule has 1 unspecified atom stereocenters. The van der Waals surface area contributed by atoms with Gasteiger partial charge in [0.25, 0.3) is 0 Å². The molecular formula is C17H24FN5O2S. The summed E-state index contributed by atoms with van der Waals surface area (Å²) >= 11 is 1.56. The standard InChI is InChI=1S/C17H22FN5O2S.H2/c1-12(24)5-21-17-22-8-15(26-17)10-23-2-3-25-11-13(9-23)4-16-19-6-14(18)7-20-16;/h6-8,13H,2-5,9-11H2,1H3,(H,21,22);1H. The summed E-state index contributed by atoms with van der Waals surface area (Å²) in [4.78, 5) is 26.9. The Hall–Kier alpha value is -1.97. The molecule has 142 valence electrons. The molecule has 1 saturated heterocycles. The summed E-state index contributed by atoms with van der Waals surface area (Å²) in [5.41, 5.74) is 0. The van der Waals surface area contributed by atoms with Gasteiger partial charge in [0, 0.05) is 44.5 Å². The van der Waals surface area contributed by atoms with Gasteiger partial charge in [-0.15, -0.1) is 11.3 Å². The summed E-state index contributed by atoms with van der Waals surface area (Å²) in [7, 11) is 0. The van der Waals surface area contributed by atoms with E-state index in [4.69, 9.17) is 4.74 Å². The Labute approximate surface area is 157 Å². The van der Waals surface area contributed by atoms with E-state index < -0.39 is 5.82 Å². The number of ether oxygens (including phenoxy) is 1. The fraction of sp³-hybridized carbons (Fsp3) is 0.529. The predicted octanol–water partition coefficient (Wildman–Crippen LogP) is 2.01. The lowest BCUT2D eigenvalue weighted by molar-refractivity contribution is -0.115. The van der Waals surface area contributed by atoms with Crippen molar-refractivity contribution in [3.8, 4) is 0 Å². The molecule has 0 saturated carbocycles. The number of thiazole rings is 1. The molecule has 0 radical (unpaired) electrons. The highest BCUT2D eigenvalue weighted by atomic mass is 32.1. The van der Waals surface area contributed by atoms with Crippen LogP contribution in [0.5, 0.6) is 0 Å². The Morgan fingerprint density at radius 2 is 2.23 bits per heavy atom. The van der Waals surface area contributed by atoms with E-state index >= 15 is 0 Å². The van der Waals surface area contributed by atoms with Gasteiger partial charge >= 0.3 is 0 Å². The molecule has 0 bridgehead atoms. The third-order valence-electron chi connectivity index (χ3n) is 3.99. The number of ketones is 1. The topological polar surface area (TPSA) is 80.2 Å². The molecule has 0 aliphatic carbocycles. The normalized spacial score (nSPS) is 18.5. The van der Waals surface area contributed by atoms with Crippen molar-refractivity contribution in [2.45, 2.75) is 19.9 Å². The SMILES string of the molecule is CC(=O)CNc1ncc(CN2CCOCC(Cc3ncc(F)cn3)C2)s1.[HH]. The summed E-state index contributed by atoms with van der Waals surface area (Å²) in [6, 6.07) is 0. The Balaban J connectivity index is 0.00000261. The van der Waals surface area contributed by atoms with Crippen LogP contribution in [0.2, 0.25) is 0 Å². The summed E-state index contributed by atoms with van der Waals surface area (Å²) in [6.45, 7) is 5.64.